The Kier molecular flexibility index (Phi) is 7.87. The van der Waals surface area contributed by atoms with Crippen LogP contribution in [0.2, 0.25) is 0 Å². The number of nitrogens with one attached hydrogen (secondary N) is 1. The number of hydrogen-bond acceptors (Lipinski definition) is 5. The maximum Gasteiger partial charge on any atom is 0.296 e. The van der Waals surface area contributed by atoms with E-state index in [1.165, 1.54) is 36.5 Å². The lowest BCUT2D eigenvalue weighted by molar-refractivity contribution is -0.0652. The highest BCUT2D eigenvalue weighted by atomic mass is 35.5. The Balaban J connectivity index is 0.00000320. The Hall–Kier alpha value is -3.01. The number of pyridine rings is 1. The molecule has 0 atom stereocenters. The summed E-state index contributed by atoms with van der Waals surface area (Å²) in [5.74, 6) is -1.74. The second kappa shape index (κ2) is 10.1. The third kappa shape index (κ3) is 6.51. The number of amides is 1. The van der Waals surface area contributed by atoms with E-state index in [0.29, 0.717) is 5.06 Å². The summed E-state index contributed by atoms with van der Waals surface area (Å²) in [6.07, 6.45) is 1.25. The molecule has 0 fully saturated rings. The molecule has 1 aromatic heterocycles. The van der Waals surface area contributed by atoms with E-state index in [0.717, 1.165) is 11.6 Å². The van der Waals surface area contributed by atoms with Gasteiger partial charge >= 0.3 is 0 Å². The number of halogens is 2. The van der Waals surface area contributed by atoms with Crippen LogP contribution in [0.25, 0.3) is 0 Å². The van der Waals surface area contributed by atoms with Crippen molar-refractivity contribution in [1.29, 1.82) is 0 Å². The Labute approximate surface area is 179 Å². The van der Waals surface area contributed by atoms with Crippen molar-refractivity contribution in [3.63, 3.8) is 0 Å². The number of hydroxylamine groups is 2. The molecule has 10 heteroatoms. The van der Waals surface area contributed by atoms with Gasteiger partial charge in [-0.25, -0.2) is 17.9 Å². The third-order valence-corrected chi connectivity index (χ3v) is 5.17. The lowest BCUT2D eigenvalue weighted by Crippen LogP contribution is -2.27. The predicted octanol–water partition coefficient (Wildman–Crippen LogP) is 3.62. The molecule has 0 bridgehead atoms. The number of aromatic nitrogens is 1. The van der Waals surface area contributed by atoms with Gasteiger partial charge in [0.05, 0.1) is 18.0 Å². The van der Waals surface area contributed by atoms with Crippen LogP contribution in [0.5, 0.6) is 0 Å². The molecule has 0 spiro atoms. The number of hydrogen-bond donors (Lipinski definition) is 2. The fourth-order valence-corrected chi connectivity index (χ4v) is 3.81. The first-order valence-corrected chi connectivity index (χ1v) is 10.2. The van der Waals surface area contributed by atoms with E-state index in [1.807, 2.05) is 6.07 Å². The molecule has 0 radical (unpaired) electrons. The zero-order valence-corrected chi connectivity index (χ0v) is 17.2. The van der Waals surface area contributed by atoms with Crippen molar-refractivity contribution in [3.05, 3.63) is 95.6 Å². The number of benzene rings is 2. The molecule has 0 unspecified atom stereocenters. The van der Waals surface area contributed by atoms with Crippen molar-refractivity contribution in [3.8, 4) is 0 Å². The third-order valence-electron chi connectivity index (χ3n) is 3.91. The highest BCUT2D eigenvalue weighted by Gasteiger charge is 2.18. The van der Waals surface area contributed by atoms with E-state index in [1.54, 1.807) is 24.3 Å². The Morgan fingerprint density at radius 1 is 1.03 bits per heavy atom. The summed E-state index contributed by atoms with van der Waals surface area (Å²) in [6, 6.07) is 16.7. The molecule has 1 heterocycles. The molecular formula is C20H19ClFN3O4S. The number of nitrogens with zero attached hydrogens (tertiary/aromatic N) is 2. The van der Waals surface area contributed by atoms with Gasteiger partial charge in [0, 0.05) is 6.20 Å². The summed E-state index contributed by atoms with van der Waals surface area (Å²) < 4.78 is 40.3. The van der Waals surface area contributed by atoms with E-state index >= 15 is 0 Å². The van der Waals surface area contributed by atoms with Crippen LogP contribution in [0.1, 0.15) is 21.6 Å². The zero-order chi connectivity index (χ0) is 20.9. The van der Waals surface area contributed by atoms with Gasteiger partial charge in [0.1, 0.15) is 11.5 Å². The number of rotatable bonds is 7. The van der Waals surface area contributed by atoms with Gasteiger partial charge in [-0.3, -0.25) is 19.7 Å². The van der Waals surface area contributed by atoms with Crippen molar-refractivity contribution in [1.82, 2.24) is 10.0 Å². The molecule has 7 nitrogen and oxygen atoms in total. The van der Waals surface area contributed by atoms with Gasteiger partial charge in [-0.2, -0.15) is 0 Å². The van der Waals surface area contributed by atoms with Gasteiger partial charge in [0.15, 0.2) is 0 Å². The van der Waals surface area contributed by atoms with Gasteiger partial charge in [0.2, 0.25) is 10.0 Å². The summed E-state index contributed by atoms with van der Waals surface area (Å²) in [4.78, 5) is 16.3. The molecule has 1 amide bonds. The number of carbonyl (C=O) groups excluding carboxylic acids is 1. The molecule has 0 aliphatic rings. The van der Waals surface area contributed by atoms with Crippen molar-refractivity contribution in [2.45, 2.75) is 12.3 Å². The van der Waals surface area contributed by atoms with Gasteiger partial charge in [-0.05, 0) is 35.4 Å². The van der Waals surface area contributed by atoms with Crippen LogP contribution < -0.4 is 4.72 Å². The minimum Gasteiger partial charge on any atom is -0.285 e. The molecule has 0 aliphatic heterocycles. The first-order chi connectivity index (χ1) is 13.8. The zero-order valence-electron chi connectivity index (χ0n) is 15.6. The van der Waals surface area contributed by atoms with Gasteiger partial charge < -0.3 is 0 Å². The molecule has 2 aromatic carbocycles. The van der Waals surface area contributed by atoms with Gasteiger partial charge in [0.25, 0.3) is 5.91 Å². The molecule has 158 valence electrons. The Morgan fingerprint density at radius 3 is 2.43 bits per heavy atom. The van der Waals surface area contributed by atoms with Gasteiger partial charge in [-0.15, -0.1) is 12.4 Å². The first-order valence-electron chi connectivity index (χ1n) is 8.58. The van der Waals surface area contributed by atoms with Crippen LogP contribution in [0.3, 0.4) is 0 Å². The van der Waals surface area contributed by atoms with Crippen molar-refractivity contribution < 1.29 is 22.8 Å². The van der Waals surface area contributed by atoms with Crippen LogP contribution >= 0.6 is 12.4 Å². The molecule has 0 aliphatic carbocycles. The van der Waals surface area contributed by atoms with Crippen molar-refractivity contribution >= 4 is 34.0 Å². The molecular weight excluding hydrogens is 433 g/mol. The molecule has 0 saturated heterocycles. The van der Waals surface area contributed by atoms with E-state index < -0.39 is 27.5 Å². The van der Waals surface area contributed by atoms with Crippen LogP contribution in [0.4, 0.5) is 10.1 Å². The lowest BCUT2D eigenvalue weighted by Gasteiger charge is -2.15. The summed E-state index contributed by atoms with van der Waals surface area (Å²) in [5.41, 5.74) is 0.977. The van der Waals surface area contributed by atoms with E-state index in [-0.39, 0.29) is 35.9 Å². The highest BCUT2D eigenvalue weighted by Crippen LogP contribution is 2.15. The smallest absolute Gasteiger partial charge is 0.285 e. The van der Waals surface area contributed by atoms with Crippen LogP contribution in [0, 0.1) is 5.82 Å². The number of carbonyl (C=O) groups is 1. The molecule has 3 rings (SSSR count). The first kappa shape index (κ1) is 23.3. The van der Waals surface area contributed by atoms with Crippen LogP contribution in [-0.2, 0) is 22.3 Å². The standard InChI is InChI=1S/C20H18FN3O4S.ClH/c21-17-8-4-7-16(11-17)14-29(27,28)23-18-9-10-22-19(12-18)20(25)24(26)13-15-5-2-1-3-6-15;/h1-12,26H,13-14H2,(H,22,23);1H. The van der Waals surface area contributed by atoms with Gasteiger partial charge in [-0.1, -0.05) is 42.5 Å². The maximum absolute atomic E-state index is 13.3. The maximum atomic E-state index is 13.3. The quantitative estimate of drug-likeness (QED) is 0.422. The summed E-state index contributed by atoms with van der Waals surface area (Å²) in [7, 11) is -3.85. The molecule has 3 aromatic rings. The molecule has 30 heavy (non-hydrogen) atoms. The fraction of sp³-hybridized carbons (Fsp3) is 0.100. The Morgan fingerprint density at radius 2 is 1.73 bits per heavy atom. The largest absolute Gasteiger partial charge is 0.296 e. The topological polar surface area (TPSA) is 99.6 Å². The van der Waals surface area contributed by atoms with Crippen LogP contribution in [0.15, 0.2) is 72.9 Å². The highest BCUT2D eigenvalue weighted by molar-refractivity contribution is 7.91. The summed E-state index contributed by atoms with van der Waals surface area (Å²) in [6.45, 7) is -0.0448. The van der Waals surface area contributed by atoms with Crippen LogP contribution in [-0.4, -0.2) is 29.6 Å². The normalized spacial score (nSPS) is 10.7. The predicted molar refractivity (Wildman–Crippen MR) is 112 cm³/mol. The Bertz CT molecular complexity index is 1110. The van der Waals surface area contributed by atoms with Crippen molar-refractivity contribution in [2.75, 3.05) is 4.72 Å². The fourth-order valence-electron chi connectivity index (χ4n) is 2.63. The average Bonchev–Trinajstić information content (AvgIpc) is 2.67. The molecule has 2 N–H and O–H groups in total. The monoisotopic (exact) mass is 451 g/mol. The van der Waals surface area contributed by atoms with E-state index in [2.05, 4.69) is 9.71 Å². The SMILES string of the molecule is Cl.O=C(c1cc(NS(=O)(=O)Cc2cccc(F)c2)ccn1)N(O)Cc1ccccc1. The van der Waals surface area contributed by atoms with E-state index in [9.17, 15) is 22.8 Å². The number of sulfonamides is 1. The summed E-state index contributed by atoms with van der Waals surface area (Å²) >= 11 is 0. The average molecular weight is 452 g/mol. The second-order valence-electron chi connectivity index (χ2n) is 6.27. The second-order valence-corrected chi connectivity index (χ2v) is 7.99. The van der Waals surface area contributed by atoms with Crippen molar-refractivity contribution in [2.24, 2.45) is 0 Å². The summed E-state index contributed by atoms with van der Waals surface area (Å²) in [5, 5.41) is 10.5. The minimum absolute atomic E-state index is 0. The number of anilines is 1. The lowest BCUT2D eigenvalue weighted by atomic mass is 10.2. The molecule has 0 saturated carbocycles. The van der Waals surface area contributed by atoms with E-state index in [4.69, 9.17) is 0 Å². The minimum atomic E-state index is -3.85.